The van der Waals surface area contributed by atoms with Gasteiger partial charge in [-0.1, -0.05) is 0 Å². The molecule has 7 nitrogen and oxygen atoms in total. The fraction of sp³-hybridized carbons (Fsp3) is 0.250. The molecule has 0 fully saturated rings. The van der Waals surface area contributed by atoms with E-state index in [4.69, 9.17) is 5.11 Å². The number of imidazole rings is 1. The summed E-state index contributed by atoms with van der Waals surface area (Å²) >= 11 is 3.95. The second kappa shape index (κ2) is 4.35. The smallest absolute Gasteiger partial charge is 0.327 e. The van der Waals surface area contributed by atoms with Crippen LogP contribution in [0.5, 0.6) is 0 Å². The topological polar surface area (TPSA) is 104 Å². The number of aliphatic carboxylic acids is 1. The summed E-state index contributed by atoms with van der Waals surface area (Å²) in [5, 5.41) is 11.6. The Morgan fingerprint density at radius 1 is 1.56 bits per heavy atom. The molecule has 0 radical (unpaired) electrons. The van der Waals surface area contributed by atoms with Crippen LogP contribution < -0.4 is 5.32 Å². The molecule has 2 aromatic heterocycles. The van der Waals surface area contributed by atoms with E-state index in [9.17, 15) is 4.79 Å². The number of carbonyl (C=O) groups is 1. The zero-order valence-corrected chi connectivity index (χ0v) is 8.98. The maximum absolute atomic E-state index is 10.8. The van der Waals surface area contributed by atoms with Gasteiger partial charge in [0.1, 0.15) is 17.9 Å². The monoisotopic (exact) mass is 239 g/mol. The van der Waals surface area contributed by atoms with E-state index in [-0.39, 0.29) is 5.75 Å². The molecule has 0 saturated heterocycles. The van der Waals surface area contributed by atoms with Gasteiger partial charge in [-0.3, -0.25) is 0 Å². The van der Waals surface area contributed by atoms with Crippen LogP contribution in [0.1, 0.15) is 0 Å². The number of anilines is 1. The molecular weight excluding hydrogens is 230 g/mol. The van der Waals surface area contributed by atoms with Gasteiger partial charge >= 0.3 is 5.97 Å². The third-order valence-electron chi connectivity index (χ3n) is 2.01. The Hall–Kier alpha value is -1.83. The lowest BCUT2D eigenvalue weighted by Gasteiger charge is -2.12. The molecule has 0 saturated carbocycles. The Bertz CT molecular complexity index is 514. The second-order valence-electron chi connectivity index (χ2n) is 3.04. The number of H-pyrrole nitrogens is 1. The minimum atomic E-state index is -0.985. The van der Waals surface area contributed by atoms with Gasteiger partial charge < -0.3 is 15.4 Å². The number of aromatic nitrogens is 4. The van der Waals surface area contributed by atoms with Crippen LogP contribution in [0.25, 0.3) is 11.2 Å². The summed E-state index contributed by atoms with van der Waals surface area (Å²) in [5.41, 5.74) is 1.07. The summed E-state index contributed by atoms with van der Waals surface area (Å²) in [6.45, 7) is 0. The highest BCUT2D eigenvalue weighted by Crippen LogP contribution is 2.15. The van der Waals surface area contributed by atoms with Crippen LogP contribution in [0.3, 0.4) is 0 Å². The Balaban J connectivity index is 2.33. The van der Waals surface area contributed by atoms with Crippen molar-refractivity contribution in [2.24, 2.45) is 0 Å². The normalized spacial score (nSPS) is 12.6. The summed E-state index contributed by atoms with van der Waals surface area (Å²) in [4.78, 5) is 25.5. The number of carboxylic acids is 1. The lowest BCUT2D eigenvalue weighted by molar-refractivity contribution is -0.137. The molecule has 0 aliphatic heterocycles. The molecule has 2 heterocycles. The molecule has 0 aliphatic rings. The molecule has 16 heavy (non-hydrogen) atoms. The maximum atomic E-state index is 10.8. The zero-order valence-electron chi connectivity index (χ0n) is 8.08. The second-order valence-corrected chi connectivity index (χ2v) is 3.41. The number of hydrogen-bond acceptors (Lipinski definition) is 6. The van der Waals surface area contributed by atoms with E-state index in [0.29, 0.717) is 17.0 Å². The van der Waals surface area contributed by atoms with E-state index in [0.717, 1.165) is 0 Å². The van der Waals surface area contributed by atoms with E-state index in [2.05, 4.69) is 37.9 Å². The molecule has 0 spiro atoms. The van der Waals surface area contributed by atoms with Gasteiger partial charge in [0, 0.05) is 5.75 Å². The molecule has 0 bridgehead atoms. The number of hydrogen-bond donors (Lipinski definition) is 4. The molecule has 2 rings (SSSR count). The van der Waals surface area contributed by atoms with E-state index in [1.165, 1.54) is 12.7 Å². The number of carboxylic acid groups (broad SMARTS) is 1. The summed E-state index contributed by atoms with van der Waals surface area (Å²) in [6, 6.07) is -0.801. The molecule has 3 N–H and O–H groups in total. The first-order chi connectivity index (χ1) is 7.72. The van der Waals surface area contributed by atoms with Crippen LogP contribution in [0.15, 0.2) is 12.7 Å². The molecule has 0 aliphatic carbocycles. The van der Waals surface area contributed by atoms with Crippen molar-refractivity contribution in [3.05, 3.63) is 12.7 Å². The van der Waals surface area contributed by atoms with Crippen LogP contribution in [-0.4, -0.2) is 42.8 Å². The first kappa shape index (κ1) is 10.7. The summed E-state index contributed by atoms with van der Waals surface area (Å²) in [6.07, 6.45) is 2.80. The fourth-order valence-electron chi connectivity index (χ4n) is 1.22. The Morgan fingerprint density at radius 3 is 3.06 bits per heavy atom. The molecule has 2 aromatic rings. The number of rotatable bonds is 4. The first-order valence-electron chi connectivity index (χ1n) is 4.46. The van der Waals surface area contributed by atoms with E-state index in [1.54, 1.807) is 0 Å². The van der Waals surface area contributed by atoms with E-state index in [1.807, 2.05) is 0 Å². The first-order valence-corrected chi connectivity index (χ1v) is 5.10. The molecule has 0 unspecified atom stereocenters. The van der Waals surface area contributed by atoms with Crippen molar-refractivity contribution in [3.63, 3.8) is 0 Å². The maximum Gasteiger partial charge on any atom is 0.327 e. The van der Waals surface area contributed by atoms with Crippen LogP contribution >= 0.6 is 12.6 Å². The predicted molar refractivity (Wildman–Crippen MR) is 60.6 cm³/mol. The van der Waals surface area contributed by atoms with Gasteiger partial charge in [0.15, 0.2) is 11.5 Å². The summed E-state index contributed by atoms with van der Waals surface area (Å²) < 4.78 is 0. The molecule has 0 amide bonds. The van der Waals surface area contributed by atoms with Gasteiger partial charge in [0.2, 0.25) is 0 Å². The van der Waals surface area contributed by atoms with Crippen LogP contribution in [0, 0.1) is 0 Å². The van der Waals surface area contributed by atoms with Gasteiger partial charge in [-0.2, -0.15) is 12.6 Å². The highest BCUT2D eigenvalue weighted by molar-refractivity contribution is 7.80. The molecule has 84 valence electrons. The SMILES string of the molecule is O=C(O)[C@H](CS)Nc1ncnc2nc[nH]c12. The van der Waals surface area contributed by atoms with Crippen molar-refractivity contribution in [1.82, 2.24) is 19.9 Å². The average Bonchev–Trinajstić information content (AvgIpc) is 2.73. The fourth-order valence-corrected chi connectivity index (χ4v) is 1.47. The van der Waals surface area contributed by atoms with Gasteiger partial charge in [0.05, 0.1) is 6.33 Å². The highest BCUT2D eigenvalue weighted by atomic mass is 32.1. The standard InChI is InChI=1S/C8H9N5O2S/c14-8(15)4(1-16)13-7-5-6(10-2-9-5)11-3-12-7/h2-4,16H,1H2,(H,14,15)(H2,9,10,11,12,13)/t4-/m0/s1. The predicted octanol–water partition coefficient (Wildman–Crippen LogP) is 0.148. The number of nitrogens with zero attached hydrogens (tertiary/aromatic N) is 3. The van der Waals surface area contributed by atoms with Crippen LogP contribution in [0.2, 0.25) is 0 Å². The lowest BCUT2D eigenvalue weighted by Crippen LogP contribution is -2.31. The highest BCUT2D eigenvalue weighted by Gasteiger charge is 2.17. The number of fused-ring (bicyclic) bond motifs is 1. The van der Waals surface area contributed by atoms with Gasteiger partial charge in [-0.25, -0.2) is 19.7 Å². The van der Waals surface area contributed by atoms with Crippen molar-refractivity contribution in [2.45, 2.75) is 6.04 Å². The number of thiol groups is 1. The lowest BCUT2D eigenvalue weighted by atomic mass is 10.3. The third-order valence-corrected chi connectivity index (χ3v) is 2.38. The Morgan fingerprint density at radius 2 is 2.38 bits per heavy atom. The Labute approximate surface area is 95.7 Å². The van der Waals surface area contributed by atoms with Gasteiger partial charge in [-0.15, -0.1) is 0 Å². The molecule has 0 aromatic carbocycles. The third kappa shape index (κ3) is 1.91. The van der Waals surface area contributed by atoms with E-state index < -0.39 is 12.0 Å². The van der Waals surface area contributed by atoms with Crippen molar-refractivity contribution >= 4 is 35.6 Å². The van der Waals surface area contributed by atoms with Crippen molar-refractivity contribution < 1.29 is 9.90 Å². The Kier molecular flexibility index (Phi) is 2.91. The number of nitrogens with one attached hydrogen (secondary N) is 2. The summed E-state index contributed by atoms with van der Waals surface area (Å²) in [5.74, 6) is -0.417. The van der Waals surface area contributed by atoms with Gasteiger partial charge in [-0.05, 0) is 0 Å². The summed E-state index contributed by atoms with van der Waals surface area (Å²) in [7, 11) is 0. The largest absolute Gasteiger partial charge is 0.480 e. The van der Waals surface area contributed by atoms with Crippen molar-refractivity contribution in [3.8, 4) is 0 Å². The quantitative estimate of drug-likeness (QED) is 0.566. The van der Waals surface area contributed by atoms with Crippen molar-refractivity contribution in [2.75, 3.05) is 11.1 Å². The zero-order chi connectivity index (χ0) is 11.5. The average molecular weight is 239 g/mol. The minimum absolute atomic E-state index is 0.162. The molecule has 1 atom stereocenters. The van der Waals surface area contributed by atoms with Crippen LogP contribution in [-0.2, 0) is 4.79 Å². The molecular formula is C8H9N5O2S. The molecule has 8 heteroatoms. The van der Waals surface area contributed by atoms with Crippen LogP contribution in [0.4, 0.5) is 5.82 Å². The van der Waals surface area contributed by atoms with E-state index >= 15 is 0 Å². The number of aromatic amines is 1. The van der Waals surface area contributed by atoms with Crippen molar-refractivity contribution in [1.29, 1.82) is 0 Å². The minimum Gasteiger partial charge on any atom is -0.480 e. The van der Waals surface area contributed by atoms with Gasteiger partial charge in [0.25, 0.3) is 0 Å².